The lowest BCUT2D eigenvalue weighted by Gasteiger charge is -2.27. The molecule has 0 radical (unpaired) electrons. The van der Waals surface area contributed by atoms with Crippen molar-refractivity contribution in [3.63, 3.8) is 0 Å². The summed E-state index contributed by atoms with van der Waals surface area (Å²) in [7, 11) is 0. The van der Waals surface area contributed by atoms with E-state index in [2.05, 4.69) is 289 Å². The summed E-state index contributed by atoms with van der Waals surface area (Å²) >= 11 is 1.89. The van der Waals surface area contributed by atoms with Crippen molar-refractivity contribution in [2.24, 2.45) is 0 Å². The van der Waals surface area contributed by atoms with Crippen LogP contribution in [0.1, 0.15) is 0 Å². The van der Waals surface area contributed by atoms with Crippen LogP contribution >= 0.6 is 11.3 Å². The molecular weight excluding hydrogens is 925 g/mol. The van der Waals surface area contributed by atoms with Gasteiger partial charge in [0, 0.05) is 53.3 Å². The molecular formula is C72H46N2S. The Bertz CT molecular complexity index is 4680. The summed E-state index contributed by atoms with van der Waals surface area (Å²) in [5.41, 5.74) is 16.6. The van der Waals surface area contributed by atoms with Crippen LogP contribution in [0, 0.1) is 0 Å². The second-order valence-electron chi connectivity index (χ2n) is 19.5. The third kappa shape index (κ3) is 7.08. The third-order valence-corrected chi connectivity index (χ3v) is 16.6. The van der Waals surface area contributed by atoms with Crippen molar-refractivity contribution in [3.8, 4) is 50.2 Å². The van der Waals surface area contributed by atoms with Gasteiger partial charge in [0.2, 0.25) is 0 Å². The number of fused-ring (bicyclic) bond motifs is 9. The molecule has 0 bridgehead atoms. The molecule has 0 aliphatic heterocycles. The largest absolute Gasteiger partial charge is 0.310 e. The SMILES string of the molecule is c1ccc2c(-c3ccc(-c4ccc(N(c5ccc(-c6cccc7c6c6ccccc6n7-c6cccc7ccccc67)cc5)c5ccc(-c6cccc7ccccc67)c6sc7ccccc7c56)cc4)cc3)cccc2c1. The zero-order chi connectivity index (χ0) is 49.4. The van der Waals surface area contributed by atoms with Crippen molar-refractivity contribution >= 4 is 103 Å². The molecule has 15 aromatic rings. The molecule has 2 aromatic heterocycles. The van der Waals surface area contributed by atoms with Crippen molar-refractivity contribution in [2.45, 2.75) is 0 Å². The second-order valence-corrected chi connectivity index (χ2v) is 20.6. The monoisotopic (exact) mass is 970 g/mol. The van der Waals surface area contributed by atoms with Crippen LogP contribution in [0.2, 0.25) is 0 Å². The van der Waals surface area contributed by atoms with E-state index in [9.17, 15) is 0 Å². The van der Waals surface area contributed by atoms with E-state index in [0.29, 0.717) is 0 Å². The Balaban J connectivity index is 0.886. The van der Waals surface area contributed by atoms with Crippen molar-refractivity contribution in [3.05, 3.63) is 279 Å². The van der Waals surface area contributed by atoms with Crippen LogP contribution < -0.4 is 4.90 Å². The molecule has 0 atom stereocenters. The minimum absolute atomic E-state index is 1.09. The summed E-state index contributed by atoms with van der Waals surface area (Å²) in [6, 6.07) is 103. The number of hydrogen-bond donors (Lipinski definition) is 0. The van der Waals surface area contributed by atoms with Crippen molar-refractivity contribution in [1.82, 2.24) is 4.57 Å². The topological polar surface area (TPSA) is 8.17 Å². The molecule has 0 aliphatic carbocycles. The van der Waals surface area contributed by atoms with E-state index in [0.717, 1.165) is 17.1 Å². The quantitative estimate of drug-likeness (QED) is 0.147. The molecule has 0 aliphatic rings. The maximum atomic E-state index is 2.47. The number of thiophene rings is 1. The van der Waals surface area contributed by atoms with E-state index in [1.165, 1.54) is 124 Å². The number of para-hydroxylation sites is 1. The number of aromatic nitrogens is 1. The van der Waals surface area contributed by atoms with Crippen molar-refractivity contribution in [2.75, 3.05) is 4.90 Å². The molecule has 0 spiro atoms. The Labute approximate surface area is 438 Å². The molecule has 75 heavy (non-hydrogen) atoms. The van der Waals surface area contributed by atoms with Gasteiger partial charge < -0.3 is 9.47 Å². The zero-order valence-electron chi connectivity index (χ0n) is 40.9. The number of nitrogens with zero attached hydrogens (tertiary/aromatic N) is 2. The zero-order valence-corrected chi connectivity index (χ0v) is 41.7. The summed E-state index contributed by atoms with van der Waals surface area (Å²) in [6.07, 6.45) is 0. The smallest absolute Gasteiger partial charge is 0.0555 e. The van der Waals surface area contributed by atoms with Gasteiger partial charge >= 0.3 is 0 Å². The molecule has 0 unspecified atom stereocenters. The molecule has 0 N–H and O–H groups in total. The fourth-order valence-electron chi connectivity index (χ4n) is 11.9. The van der Waals surface area contributed by atoms with Crippen LogP contribution in [0.15, 0.2) is 279 Å². The molecule has 2 nitrogen and oxygen atoms in total. The van der Waals surface area contributed by atoms with Gasteiger partial charge in [-0.05, 0) is 120 Å². The Hall–Kier alpha value is -9.54. The average Bonchev–Trinajstić information content (AvgIpc) is 4.11. The van der Waals surface area contributed by atoms with Crippen LogP contribution in [-0.2, 0) is 0 Å². The highest BCUT2D eigenvalue weighted by Crippen LogP contribution is 2.50. The molecule has 0 fully saturated rings. The molecule has 3 heteroatoms. The van der Waals surface area contributed by atoms with Crippen LogP contribution in [0.25, 0.3) is 124 Å². The normalized spacial score (nSPS) is 11.7. The van der Waals surface area contributed by atoms with Gasteiger partial charge in [0.15, 0.2) is 0 Å². The van der Waals surface area contributed by atoms with E-state index in [1.54, 1.807) is 0 Å². The van der Waals surface area contributed by atoms with Gasteiger partial charge in [-0.2, -0.15) is 0 Å². The molecule has 15 rings (SSSR count). The second kappa shape index (κ2) is 17.6. The maximum Gasteiger partial charge on any atom is 0.0555 e. The highest BCUT2D eigenvalue weighted by Gasteiger charge is 2.23. The van der Waals surface area contributed by atoms with Crippen LogP contribution in [0.5, 0.6) is 0 Å². The van der Waals surface area contributed by atoms with Gasteiger partial charge in [-0.25, -0.2) is 0 Å². The van der Waals surface area contributed by atoms with Gasteiger partial charge in [-0.3, -0.25) is 0 Å². The Morgan fingerprint density at radius 2 is 0.747 bits per heavy atom. The molecule has 0 saturated carbocycles. The van der Waals surface area contributed by atoms with Gasteiger partial charge in [0.1, 0.15) is 0 Å². The Morgan fingerprint density at radius 1 is 0.280 bits per heavy atom. The van der Waals surface area contributed by atoms with Crippen LogP contribution in [0.4, 0.5) is 17.1 Å². The average molecular weight is 971 g/mol. The van der Waals surface area contributed by atoms with E-state index >= 15 is 0 Å². The summed E-state index contributed by atoms with van der Waals surface area (Å²) in [5, 5.41) is 12.5. The predicted octanol–water partition coefficient (Wildman–Crippen LogP) is 20.7. The Kier molecular flexibility index (Phi) is 10.1. The van der Waals surface area contributed by atoms with Gasteiger partial charge in [0.05, 0.1) is 22.4 Å². The fraction of sp³-hybridized carbons (Fsp3) is 0. The minimum atomic E-state index is 1.09. The first-order valence-corrected chi connectivity index (χ1v) is 26.6. The number of benzene rings is 13. The highest BCUT2D eigenvalue weighted by molar-refractivity contribution is 7.26. The summed E-state index contributed by atoms with van der Waals surface area (Å²) in [5.74, 6) is 0. The molecule has 2 heterocycles. The molecule has 13 aromatic carbocycles. The van der Waals surface area contributed by atoms with Crippen LogP contribution in [0.3, 0.4) is 0 Å². The molecule has 0 saturated heterocycles. The van der Waals surface area contributed by atoms with Crippen LogP contribution in [-0.4, -0.2) is 4.57 Å². The van der Waals surface area contributed by atoms with E-state index in [1.807, 2.05) is 11.3 Å². The maximum absolute atomic E-state index is 2.47. The van der Waals surface area contributed by atoms with Gasteiger partial charge in [-0.1, -0.05) is 224 Å². The lowest BCUT2D eigenvalue weighted by atomic mass is 9.95. The lowest BCUT2D eigenvalue weighted by molar-refractivity contribution is 1.20. The number of rotatable bonds is 8. The molecule has 0 amide bonds. The Morgan fingerprint density at radius 3 is 1.45 bits per heavy atom. The van der Waals surface area contributed by atoms with E-state index in [-0.39, 0.29) is 0 Å². The standard InChI is InChI=1S/C72H46N2S/c1-4-21-56-49(15-1)18-11-26-57(56)52-35-33-47(34-36-52)48-37-41-54(42-38-48)73(68-46-45-62(61-28-12-19-50-16-2-5-22-58(50)61)72-71(68)64-25-8-10-32-69(64)75-72)55-43-39-53(40-44-55)60-27-14-31-67-70(60)63-24-7-9-29-66(63)74(67)65-30-13-20-51-17-3-6-23-59(51)65/h1-46H. The first kappa shape index (κ1) is 43.1. The first-order valence-electron chi connectivity index (χ1n) is 25.7. The van der Waals surface area contributed by atoms with Gasteiger partial charge in [0.25, 0.3) is 0 Å². The van der Waals surface area contributed by atoms with Crippen molar-refractivity contribution < 1.29 is 0 Å². The van der Waals surface area contributed by atoms with E-state index in [4.69, 9.17) is 0 Å². The highest BCUT2D eigenvalue weighted by atomic mass is 32.1. The fourth-order valence-corrected chi connectivity index (χ4v) is 13.2. The summed E-state index contributed by atoms with van der Waals surface area (Å²) in [4.78, 5) is 2.47. The minimum Gasteiger partial charge on any atom is -0.310 e. The lowest BCUT2D eigenvalue weighted by Crippen LogP contribution is -2.10. The summed E-state index contributed by atoms with van der Waals surface area (Å²) in [6.45, 7) is 0. The summed E-state index contributed by atoms with van der Waals surface area (Å²) < 4.78 is 5.01. The van der Waals surface area contributed by atoms with Gasteiger partial charge in [-0.15, -0.1) is 11.3 Å². The first-order chi connectivity index (χ1) is 37.2. The number of anilines is 3. The number of hydrogen-bond acceptors (Lipinski definition) is 2. The van der Waals surface area contributed by atoms with Crippen molar-refractivity contribution in [1.29, 1.82) is 0 Å². The van der Waals surface area contributed by atoms with E-state index < -0.39 is 0 Å². The molecule has 350 valence electrons. The predicted molar refractivity (Wildman–Crippen MR) is 323 cm³/mol. The third-order valence-electron chi connectivity index (χ3n) is 15.4.